The third-order valence-corrected chi connectivity index (χ3v) is 3.41. The molecule has 0 aromatic heterocycles. The zero-order chi connectivity index (χ0) is 13.8. The number of aryl methyl sites for hydroxylation is 3. The molecule has 1 saturated heterocycles. The van der Waals surface area contributed by atoms with Gasteiger partial charge in [0.25, 0.3) is 5.91 Å². The van der Waals surface area contributed by atoms with Gasteiger partial charge in [-0.1, -0.05) is 17.7 Å². The lowest BCUT2D eigenvalue weighted by molar-refractivity contribution is -0.123. The Hall–Kier alpha value is -1.26. The van der Waals surface area contributed by atoms with Gasteiger partial charge >= 0.3 is 0 Å². The summed E-state index contributed by atoms with van der Waals surface area (Å²) in [6.45, 7) is 8.89. The van der Waals surface area contributed by atoms with Crippen LogP contribution in [-0.2, 0) is 4.79 Å². The van der Waals surface area contributed by atoms with Crippen molar-refractivity contribution in [3.8, 4) is 5.75 Å². The number of nitrogens with one attached hydrogen (secondary N) is 2. The summed E-state index contributed by atoms with van der Waals surface area (Å²) in [4.78, 5) is 11.7. The number of benzene rings is 1. The maximum atomic E-state index is 11.7. The monoisotopic (exact) mass is 298 g/mol. The molecule has 1 amide bonds. The Morgan fingerprint density at radius 3 is 2.40 bits per heavy atom. The zero-order valence-corrected chi connectivity index (χ0v) is 13.1. The molecule has 1 fully saturated rings. The molecule has 1 aromatic carbocycles. The average Bonchev–Trinajstić information content (AvgIpc) is 2.25. The lowest BCUT2D eigenvalue weighted by atomic mass is 10.0. The molecule has 0 unspecified atom stereocenters. The van der Waals surface area contributed by atoms with Crippen molar-refractivity contribution in [2.75, 3.05) is 26.2 Å². The van der Waals surface area contributed by atoms with Crippen LogP contribution in [0.5, 0.6) is 5.75 Å². The van der Waals surface area contributed by atoms with Gasteiger partial charge in [-0.05, 0) is 31.9 Å². The molecule has 5 heteroatoms. The first-order valence-electron chi connectivity index (χ1n) is 6.74. The second kappa shape index (κ2) is 7.50. The summed E-state index contributed by atoms with van der Waals surface area (Å²) < 4.78 is 5.64. The van der Waals surface area contributed by atoms with Gasteiger partial charge in [-0.15, -0.1) is 12.4 Å². The molecule has 0 atom stereocenters. The fourth-order valence-electron chi connectivity index (χ4n) is 2.33. The second-order valence-corrected chi connectivity index (χ2v) is 5.34. The highest BCUT2D eigenvalue weighted by Gasteiger charge is 2.17. The molecular weight excluding hydrogens is 276 g/mol. The Morgan fingerprint density at radius 2 is 1.90 bits per heavy atom. The van der Waals surface area contributed by atoms with Crippen LogP contribution < -0.4 is 15.4 Å². The molecule has 4 nitrogen and oxygen atoms in total. The van der Waals surface area contributed by atoms with E-state index in [4.69, 9.17) is 4.74 Å². The Labute approximate surface area is 126 Å². The Kier molecular flexibility index (Phi) is 6.30. The average molecular weight is 299 g/mol. The van der Waals surface area contributed by atoms with Crippen LogP contribution in [0.25, 0.3) is 0 Å². The van der Waals surface area contributed by atoms with Crippen molar-refractivity contribution in [3.05, 3.63) is 28.8 Å². The Bertz CT molecular complexity index is 450. The second-order valence-electron chi connectivity index (χ2n) is 5.34. The molecule has 20 heavy (non-hydrogen) atoms. The van der Waals surface area contributed by atoms with Gasteiger partial charge in [0, 0.05) is 25.6 Å². The molecule has 1 aliphatic rings. The van der Waals surface area contributed by atoms with Crippen molar-refractivity contribution in [2.45, 2.75) is 20.8 Å². The van der Waals surface area contributed by atoms with Crippen molar-refractivity contribution in [1.29, 1.82) is 0 Å². The third-order valence-electron chi connectivity index (χ3n) is 3.41. The van der Waals surface area contributed by atoms with Gasteiger partial charge in [0.05, 0.1) is 0 Å². The van der Waals surface area contributed by atoms with E-state index in [9.17, 15) is 4.79 Å². The van der Waals surface area contributed by atoms with Gasteiger partial charge < -0.3 is 15.4 Å². The van der Waals surface area contributed by atoms with Gasteiger partial charge in [-0.3, -0.25) is 4.79 Å². The van der Waals surface area contributed by atoms with E-state index >= 15 is 0 Å². The molecule has 0 aliphatic carbocycles. The molecular formula is C15H23ClN2O2. The van der Waals surface area contributed by atoms with Crippen LogP contribution in [0.15, 0.2) is 12.1 Å². The summed E-state index contributed by atoms with van der Waals surface area (Å²) in [7, 11) is 0. The summed E-state index contributed by atoms with van der Waals surface area (Å²) in [6, 6.07) is 4.14. The van der Waals surface area contributed by atoms with Crippen LogP contribution in [0, 0.1) is 26.7 Å². The summed E-state index contributed by atoms with van der Waals surface area (Å²) in [5.41, 5.74) is 3.37. The van der Waals surface area contributed by atoms with Crippen LogP contribution in [0.2, 0.25) is 0 Å². The normalized spacial score (nSPS) is 14.2. The van der Waals surface area contributed by atoms with E-state index in [2.05, 4.69) is 29.7 Å². The number of rotatable bonds is 5. The van der Waals surface area contributed by atoms with E-state index in [1.807, 2.05) is 13.8 Å². The van der Waals surface area contributed by atoms with Crippen molar-refractivity contribution in [1.82, 2.24) is 10.6 Å². The van der Waals surface area contributed by atoms with Crippen LogP contribution >= 0.6 is 12.4 Å². The van der Waals surface area contributed by atoms with Gasteiger partial charge in [-0.25, -0.2) is 0 Å². The first-order valence-corrected chi connectivity index (χ1v) is 6.74. The lowest BCUT2D eigenvalue weighted by Crippen LogP contribution is -2.48. The van der Waals surface area contributed by atoms with E-state index in [1.54, 1.807) is 0 Å². The number of carbonyl (C=O) groups is 1. The highest BCUT2D eigenvalue weighted by atomic mass is 35.5. The number of hydrogen-bond acceptors (Lipinski definition) is 3. The number of carbonyl (C=O) groups excluding carboxylic acids is 1. The molecule has 2 N–H and O–H groups in total. The maximum absolute atomic E-state index is 11.7. The van der Waals surface area contributed by atoms with Gasteiger partial charge in [0.15, 0.2) is 6.61 Å². The minimum Gasteiger partial charge on any atom is -0.483 e. The van der Waals surface area contributed by atoms with E-state index < -0.39 is 0 Å². The predicted octanol–water partition coefficient (Wildman–Crippen LogP) is 1.75. The summed E-state index contributed by atoms with van der Waals surface area (Å²) >= 11 is 0. The molecule has 0 radical (unpaired) electrons. The van der Waals surface area contributed by atoms with Crippen LogP contribution in [-0.4, -0.2) is 32.1 Å². The molecule has 0 bridgehead atoms. The number of halogens is 1. The van der Waals surface area contributed by atoms with E-state index in [0.717, 1.165) is 36.5 Å². The maximum Gasteiger partial charge on any atom is 0.257 e. The predicted molar refractivity (Wildman–Crippen MR) is 82.8 cm³/mol. The van der Waals surface area contributed by atoms with Crippen LogP contribution in [0.1, 0.15) is 16.7 Å². The van der Waals surface area contributed by atoms with Crippen LogP contribution in [0.3, 0.4) is 0 Å². The number of ether oxygens (including phenoxy) is 1. The fourth-order valence-corrected chi connectivity index (χ4v) is 2.33. The highest BCUT2D eigenvalue weighted by Crippen LogP contribution is 2.24. The standard InChI is InChI=1S/C15H22N2O2.ClH/c1-10-4-11(2)15(12(3)5-10)19-9-14(18)17-8-13-6-16-7-13;/h4-5,13,16H,6-9H2,1-3H3,(H,17,18);1H. The molecule has 1 heterocycles. The van der Waals surface area contributed by atoms with Gasteiger partial charge in [-0.2, -0.15) is 0 Å². The van der Waals surface area contributed by atoms with Crippen molar-refractivity contribution >= 4 is 18.3 Å². The quantitative estimate of drug-likeness (QED) is 0.871. The molecule has 2 rings (SSSR count). The summed E-state index contributed by atoms with van der Waals surface area (Å²) in [5.74, 6) is 1.35. The summed E-state index contributed by atoms with van der Waals surface area (Å²) in [5, 5.41) is 6.08. The zero-order valence-electron chi connectivity index (χ0n) is 12.3. The molecule has 1 aliphatic heterocycles. The topological polar surface area (TPSA) is 50.4 Å². The lowest BCUT2D eigenvalue weighted by Gasteiger charge is -2.27. The van der Waals surface area contributed by atoms with Gasteiger partial charge in [0.1, 0.15) is 5.75 Å². The minimum absolute atomic E-state index is 0. The largest absolute Gasteiger partial charge is 0.483 e. The smallest absolute Gasteiger partial charge is 0.257 e. The first-order chi connectivity index (χ1) is 9.06. The molecule has 0 spiro atoms. The van der Waals surface area contributed by atoms with E-state index in [0.29, 0.717) is 5.92 Å². The Balaban J connectivity index is 0.00000200. The number of hydrogen-bond donors (Lipinski definition) is 2. The highest BCUT2D eigenvalue weighted by molar-refractivity contribution is 5.85. The molecule has 112 valence electrons. The van der Waals surface area contributed by atoms with Crippen LogP contribution in [0.4, 0.5) is 0 Å². The summed E-state index contributed by atoms with van der Waals surface area (Å²) in [6.07, 6.45) is 0. The first kappa shape index (κ1) is 16.8. The minimum atomic E-state index is -0.0497. The number of amides is 1. The van der Waals surface area contributed by atoms with Crippen molar-refractivity contribution in [2.24, 2.45) is 5.92 Å². The Morgan fingerprint density at radius 1 is 1.30 bits per heavy atom. The van der Waals surface area contributed by atoms with Crippen molar-refractivity contribution in [3.63, 3.8) is 0 Å². The molecule has 0 saturated carbocycles. The van der Waals surface area contributed by atoms with E-state index in [-0.39, 0.29) is 24.9 Å². The van der Waals surface area contributed by atoms with Crippen molar-refractivity contribution < 1.29 is 9.53 Å². The third kappa shape index (κ3) is 4.39. The molecule has 1 aromatic rings. The van der Waals surface area contributed by atoms with Gasteiger partial charge in [0.2, 0.25) is 0 Å². The fraction of sp³-hybridized carbons (Fsp3) is 0.533. The SMILES string of the molecule is Cc1cc(C)c(OCC(=O)NCC2CNC2)c(C)c1.Cl. The van der Waals surface area contributed by atoms with E-state index in [1.165, 1.54) is 5.56 Å².